The van der Waals surface area contributed by atoms with Crippen molar-refractivity contribution < 1.29 is 9.53 Å². The zero-order chi connectivity index (χ0) is 10.6. The first kappa shape index (κ1) is 10.8. The van der Waals surface area contributed by atoms with Crippen LogP contribution in [0.25, 0.3) is 0 Å². The lowest BCUT2D eigenvalue weighted by Gasteiger charge is -2.14. The summed E-state index contributed by atoms with van der Waals surface area (Å²) in [5, 5.41) is 7.04. The molecule has 0 heterocycles. The minimum Gasteiger partial charge on any atom is -0.484 e. The molecule has 0 spiro atoms. The van der Waals surface area contributed by atoms with Crippen LogP contribution in [0.3, 0.4) is 0 Å². The molecule has 4 nitrogen and oxygen atoms in total. The third-order valence-corrected chi connectivity index (χ3v) is 2.39. The number of primary amides is 1. The molecular weight excluding hydrogens is 180 g/mol. The van der Waals surface area contributed by atoms with Gasteiger partial charge in [0.1, 0.15) is 0 Å². The van der Waals surface area contributed by atoms with E-state index in [1.54, 1.807) is 6.92 Å². The Morgan fingerprint density at radius 2 is 2.07 bits per heavy atom. The Balaban J connectivity index is 2.69. The van der Waals surface area contributed by atoms with Gasteiger partial charge in [0, 0.05) is 11.8 Å². The Hall–Kier alpha value is -1.32. The average Bonchev–Trinajstić information content (AvgIpc) is 2.65. The molecule has 0 saturated heterocycles. The third-order valence-electron chi connectivity index (χ3n) is 2.39. The van der Waals surface area contributed by atoms with Gasteiger partial charge in [0.2, 0.25) is 0 Å². The molecule has 0 bridgehead atoms. The Kier molecular flexibility index (Phi) is 3.68. The first-order chi connectivity index (χ1) is 6.65. The van der Waals surface area contributed by atoms with Gasteiger partial charge in [-0.3, -0.25) is 4.79 Å². The zero-order valence-corrected chi connectivity index (χ0v) is 8.38. The molecule has 78 valence electrons. The van der Waals surface area contributed by atoms with Crippen molar-refractivity contribution in [2.24, 2.45) is 5.73 Å². The Labute approximate surface area is 83.6 Å². The molecule has 0 atom stereocenters. The van der Waals surface area contributed by atoms with E-state index in [9.17, 15) is 4.79 Å². The van der Waals surface area contributed by atoms with E-state index in [0.29, 0.717) is 5.57 Å². The summed E-state index contributed by atoms with van der Waals surface area (Å²) in [6.45, 7) is 1.65. The maximum atomic E-state index is 11.0. The zero-order valence-electron chi connectivity index (χ0n) is 8.38. The SMILES string of the molecule is C/C(C=N)=C(\OC1CCCC1)C(N)=O. The number of carbonyl (C=O) groups is 1. The second kappa shape index (κ2) is 4.79. The summed E-state index contributed by atoms with van der Waals surface area (Å²) >= 11 is 0. The average molecular weight is 196 g/mol. The summed E-state index contributed by atoms with van der Waals surface area (Å²) in [7, 11) is 0. The number of hydrogen-bond acceptors (Lipinski definition) is 3. The van der Waals surface area contributed by atoms with Crippen molar-refractivity contribution in [3.8, 4) is 0 Å². The number of nitrogens with two attached hydrogens (primary N) is 1. The molecule has 0 aliphatic heterocycles. The number of carbonyl (C=O) groups excluding carboxylic acids is 1. The van der Waals surface area contributed by atoms with Crippen molar-refractivity contribution in [2.45, 2.75) is 38.7 Å². The maximum Gasteiger partial charge on any atom is 0.284 e. The first-order valence-corrected chi connectivity index (χ1v) is 4.83. The molecule has 1 rings (SSSR count). The molecule has 0 radical (unpaired) electrons. The molecule has 0 aromatic heterocycles. The molecule has 1 fully saturated rings. The van der Waals surface area contributed by atoms with Gasteiger partial charge in [0.05, 0.1) is 6.10 Å². The van der Waals surface area contributed by atoms with Crippen molar-refractivity contribution in [3.63, 3.8) is 0 Å². The molecule has 0 unspecified atom stereocenters. The molecule has 1 saturated carbocycles. The predicted octanol–water partition coefficient (Wildman–Crippen LogP) is 1.35. The Bertz CT molecular complexity index is 265. The van der Waals surface area contributed by atoms with E-state index in [0.717, 1.165) is 31.9 Å². The highest BCUT2D eigenvalue weighted by molar-refractivity contribution is 5.96. The van der Waals surface area contributed by atoms with Gasteiger partial charge < -0.3 is 15.9 Å². The Morgan fingerprint density at radius 3 is 2.50 bits per heavy atom. The monoisotopic (exact) mass is 196 g/mol. The minimum absolute atomic E-state index is 0.104. The summed E-state index contributed by atoms with van der Waals surface area (Å²) in [6.07, 6.45) is 5.42. The van der Waals surface area contributed by atoms with Crippen LogP contribution in [0.5, 0.6) is 0 Å². The topological polar surface area (TPSA) is 76.2 Å². The van der Waals surface area contributed by atoms with E-state index < -0.39 is 5.91 Å². The van der Waals surface area contributed by atoms with Gasteiger partial charge in [0.25, 0.3) is 5.91 Å². The van der Waals surface area contributed by atoms with E-state index in [4.69, 9.17) is 15.9 Å². The van der Waals surface area contributed by atoms with E-state index in [1.165, 1.54) is 0 Å². The fraction of sp³-hybridized carbons (Fsp3) is 0.600. The van der Waals surface area contributed by atoms with Crippen LogP contribution in [-0.4, -0.2) is 18.2 Å². The summed E-state index contributed by atoms with van der Waals surface area (Å²) in [4.78, 5) is 11.0. The molecule has 4 heteroatoms. The molecule has 1 amide bonds. The molecule has 0 aromatic carbocycles. The van der Waals surface area contributed by atoms with E-state index in [1.807, 2.05) is 0 Å². The Morgan fingerprint density at radius 1 is 1.50 bits per heavy atom. The van der Waals surface area contributed by atoms with Gasteiger partial charge in [-0.2, -0.15) is 0 Å². The second-order valence-corrected chi connectivity index (χ2v) is 3.55. The van der Waals surface area contributed by atoms with Crippen LogP contribution in [0.2, 0.25) is 0 Å². The largest absolute Gasteiger partial charge is 0.484 e. The minimum atomic E-state index is -0.585. The summed E-state index contributed by atoms with van der Waals surface area (Å²) in [6, 6.07) is 0. The summed E-state index contributed by atoms with van der Waals surface area (Å²) in [5.74, 6) is -0.440. The number of nitrogens with one attached hydrogen (secondary N) is 1. The van der Waals surface area contributed by atoms with Crippen molar-refractivity contribution >= 4 is 12.1 Å². The predicted molar refractivity (Wildman–Crippen MR) is 54.0 cm³/mol. The van der Waals surface area contributed by atoms with Crippen molar-refractivity contribution in [2.75, 3.05) is 0 Å². The van der Waals surface area contributed by atoms with Gasteiger partial charge in [-0.05, 0) is 32.6 Å². The van der Waals surface area contributed by atoms with Crippen LogP contribution < -0.4 is 5.73 Å². The quantitative estimate of drug-likeness (QED) is 0.404. The third kappa shape index (κ3) is 2.58. The van der Waals surface area contributed by atoms with Crippen molar-refractivity contribution in [1.29, 1.82) is 5.41 Å². The lowest BCUT2D eigenvalue weighted by molar-refractivity contribution is -0.118. The number of rotatable bonds is 4. The molecule has 1 aliphatic rings. The second-order valence-electron chi connectivity index (χ2n) is 3.55. The van der Waals surface area contributed by atoms with E-state index in [2.05, 4.69) is 0 Å². The molecule has 3 N–H and O–H groups in total. The van der Waals surface area contributed by atoms with Gasteiger partial charge in [0.15, 0.2) is 5.76 Å². The fourth-order valence-corrected chi connectivity index (χ4v) is 1.58. The lowest BCUT2D eigenvalue weighted by atomic mass is 10.2. The summed E-state index contributed by atoms with van der Waals surface area (Å²) < 4.78 is 5.48. The van der Waals surface area contributed by atoms with Crippen LogP contribution in [-0.2, 0) is 9.53 Å². The number of allylic oxidation sites excluding steroid dienone is 1. The first-order valence-electron chi connectivity index (χ1n) is 4.83. The van der Waals surface area contributed by atoms with Crippen LogP contribution >= 0.6 is 0 Å². The fourth-order valence-electron chi connectivity index (χ4n) is 1.58. The van der Waals surface area contributed by atoms with Gasteiger partial charge in [-0.1, -0.05) is 0 Å². The molecule has 14 heavy (non-hydrogen) atoms. The number of ether oxygens (including phenoxy) is 1. The van der Waals surface area contributed by atoms with Gasteiger partial charge in [-0.15, -0.1) is 0 Å². The van der Waals surface area contributed by atoms with Crippen molar-refractivity contribution in [1.82, 2.24) is 0 Å². The van der Waals surface area contributed by atoms with Crippen LogP contribution in [0.4, 0.5) is 0 Å². The van der Waals surface area contributed by atoms with Crippen molar-refractivity contribution in [3.05, 3.63) is 11.3 Å². The molecule has 1 aliphatic carbocycles. The smallest absolute Gasteiger partial charge is 0.284 e. The van der Waals surface area contributed by atoms with Crippen LogP contribution in [0, 0.1) is 5.41 Å². The van der Waals surface area contributed by atoms with Crippen LogP contribution in [0.1, 0.15) is 32.6 Å². The van der Waals surface area contributed by atoms with Gasteiger partial charge in [-0.25, -0.2) is 0 Å². The lowest BCUT2D eigenvalue weighted by Crippen LogP contribution is -2.21. The maximum absolute atomic E-state index is 11.0. The highest BCUT2D eigenvalue weighted by Gasteiger charge is 2.20. The normalized spacial score (nSPS) is 18.9. The number of hydrogen-bond donors (Lipinski definition) is 2. The highest BCUT2D eigenvalue weighted by Crippen LogP contribution is 2.23. The molecular formula is C10H16N2O2. The standard InChI is InChI=1S/C10H16N2O2/c1-7(6-11)9(10(12)13)14-8-4-2-3-5-8/h6,8,11H,2-5H2,1H3,(H2,12,13)/b9-7+,11-6?. The number of amides is 1. The molecule has 0 aromatic rings. The van der Waals surface area contributed by atoms with Crippen LogP contribution in [0.15, 0.2) is 11.3 Å². The highest BCUT2D eigenvalue weighted by atomic mass is 16.5. The van der Waals surface area contributed by atoms with E-state index in [-0.39, 0.29) is 11.9 Å². The summed E-state index contributed by atoms with van der Waals surface area (Å²) in [5.41, 5.74) is 5.66. The van der Waals surface area contributed by atoms with Gasteiger partial charge >= 0.3 is 0 Å². The van der Waals surface area contributed by atoms with E-state index >= 15 is 0 Å².